The number of benzene rings is 1. The molecule has 2 saturated carbocycles. The molecule has 0 radical (unpaired) electrons. The maximum atomic E-state index is 12.1. The lowest BCUT2D eigenvalue weighted by molar-refractivity contribution is -0.119. The van der Waals surface area contributed by atoms with Crippen LogP contribution in [0, 0.1) is 11.8 Å². The van der Waals surface area contributed by atoms with Gasteiger partial charge in [-0.15, -0.1) is 5.10 Å². The summed E-state index contributed by atoms with van der Waals surface area (Å²) in [6.07, 6.45) is 5.11. The van der Waals surface area contributed by atoms with Crippen molar-refractivity contribution < 1.29 is 4.79 Å². The van der Waals surface area contributed by atoms with Crippen molar-refractivity contribution in [3.8, 4) is 11.4 Å². The third-order valence-corrected chi connectivity index (χ3v) is 5.78. The molecular formula is C17H20N4OS. The molecule has 2 aliphatic carbocycles. The van der Waals surface area contributed by atoms with Crippen LogP contribution in [0.25, 0.3) is 11.4 Å². The Morgan fingerprint density at radius 3 is 2.87 bits per heavy atom. The standard InChI is InChI=1S/C17H20N4OS/c22-15(18-14-9-11-6-7-13(14)8-11)10-23-17-19-16(20-21-17)12-4-2-1-3-5-12/h1-5,11,13-14H,6-10H2,(H,18,22)(H,19,20,21)/t11-,13-,14-/m0/s1. The fourth-order valence-electron chi connectivity index (χ4n) is 3.84. The number of nitrogens with one attached hydrogen (secondary N) is 2. The molecule has 0 saturated heterocycles. The Labute approximate surface area is 139 Å². The molecule has 2 bridgehead atoms. The molecule has 3 atom stereocenters. The van der Waals surface area contributed by atoms with Gasteiger partial charge in [0.05, 0.1) is 5.75 Å². The minimum absolute atomic E-state index is 0.0959. The van der Waals surface area contributed by atoms with E-state index in [4.69, 9.17) is 0 Å². The van der Waals surface area contributed by atoms with Crippen molar-refractivity contribution in [1.29, 1.82) is 0 Å². The topological polar surface area (TPSA) is 70.7 Å². The number of aromatic amines is 1. The average molecular weight is 328 g/mol. The Morgan fingerprint density at radius 2 is 2.13 bits per heavy atom. The van der Waals surface area contributed by atoms with Gasteiger partial charge in [0.25, 0.3) is 0 Å². The van der Waals surface area contributed by atoms with E-state index in [0.717, 1.165) is 17.3 Å². The molecule has 2 fully saturated rings. The van der Waals surface area contributed by atoms with Gasteiger partial charge in [-0.05, 0) is 31.1 Å². The molecular weight excluding hydrogens is 308 g/mol. The van der Waals surface area contributed by atoms with Gasteiger partial charge in [0, 0.05) is 11.6 Å². The third-order valence-electron chi connectivity index (χ3n) is 4.93. The first-order valence-electron chi connectivity index (χ1n) is 8.18. The molecule has 0 spiro atoms. The first-order valence-corrected chi connectivity index (χ1v) is 9.16. The van der Waals surface area contributed by atoms with Crippen molar-refractivity contribution in [2.24, 2.45) is 11.8 Å². The van der Waals surface area contributed by atoms with Crippen LogP contribution in [0.1, 0.15) is 25.7 Å². The zero-order valence-corrected chi connectivity index (χ0v) is 13.7. The highest BCUT2D eigenvalue weighted by Crippen LogP contribution is 2.44. The van der Waals surface area contributed by atoms with Crippen LogP contribution in [-0.2, 0) is 4.79 Å². The molecule has 2 N–H and O–H groups in total. The summed E-state index contributed by atoms with van der Waals surface area (Å²) in [5.74, 6) is 2.77. The van der Waals surface area contributed by atoms with Gasteiger partial charge in [0.2, 0.25) is 11.1 Å². The van der Waals surface area contributed by atoms with Gasteiger partial charge in [0.1, 0.15) is 0 Å². The quantitative estimate of drug-likeness (QED) is 0.828. The van der Waals surface area contributed by atoms with E-state index >= 15 is 0 Å². The van der Waals surface area contributed by atoms with Crippen LogP contribution in [0.5, 0.6) is 0 Å². The molecule has 23 heavy (non-hydrogen) atoms. The van der Waals surface area contributed by atoms with Gasteiger partial charge < -0.3 is 5.32 Å². The summed E-state index contributed by atoms with van der Waals surface area (Å²) in [6, 6.07) is 10.3. The second kappa shape index (κ2) is 6.35. The predicted molar refractivity (Wildman–Crippen MR) is 89.9 cm³/mol. The number of carbonyl (C=O) groups excluding carboxylic acids is 1. The number of nitrogens with zero attached hydrogens (tertiary/aromatic N) is 2. The summed E-state index contributed by atoms with van der Waals surface area (Å²) in [7, 11) is 0. The van der Waals surface area contributed by atoms with Gasteiger partial charge in [-0.1, -0.05) is 48.5 Å². The number of fused-ring (bicyclic) bond motifs is 2. The summed E-state index contributed by atoms with van der Waals surface area (Å²) in [5.41, 5.74) is 0.998. The van der Waals surface area contributed by atoms with E-state index in [-0.39, 0.29) is 5.91 Å². The molecule has 1 aromatic heterocycles. The van der Waals surface area contributed by atoms with Crippen LogP contribution in [0.3, 0.4) is 0 Å². The van der Waals surface area contributed by atoms with Gasteiger partial charge in [-0.3, -0.25) is 9.89 Å². The Balaban J connectivity index is 1.29. The van der Waals surface area contributed by atoms with Crippen molar-refractivity contribution in [3.05, 3.63) is 30.3 Å². The Hall–Kier alpha value is -1.82. The Bertz CT molecular complexity index is 687. The van der Waals surface area contributed by atoms with Crippen LogP contribution < -0.4 is 5.32 Å². The highest BCUT2D eigenvalue weighted by Gasteiger charge is 2.39. The number of aromatic nitrogens is 3. The van der Waals surface area contributed by atoms with E-state index in [1.807, 2.05) is 30.3 Å². The SMILES string of the molecule is O=C(CSc1n[nH]c(-c2ccccc2)n1)N[C@H]1C[C@H]2CC[C@H]1C2. The lowest BCUT2D eigenvalue weighted by atomic mass is 9.95. The highest BCUT2D eigenvalue weighted by molar-refractivity contribution is 7.99. The van der Waals surface area contributed by atoms with Gasteiger partial charge in [0.15, 0.2) is 5.82 Å². The third kappa shape index (κ3) is 3.27. The predicted octanol–water partition coefficient (Wildman–Crippen LogP) is 2.87. The van der Waals surface area contributed by atoms with E-state index < -0.39 is 0 Å². The van der Waals surface area contributed by atoms with E-state index in [1.54, 1.807) is 0 Å². The number of hydrogen-bond donors (Lipinski definition) is 2. The number of thioether (sulfide) groups is 1. The summed E-state index contributed by atoms with van der Waals surface area (Å²) in [5, 5.41) is 10.9. The first-order chi connectivity index (χ1) is 11.3. The lowest BCUT2D eigenvalue weighted by Crippen LogP contribution is -2.39. The summed E-state index contributed by atoms with van der Waals surface area (Å²) >= 11 is 1.38. The summed E-state index contributed by atoms with van der Waals surface area (Å²) in [4.78, 5) is 16.6. The van der Waals surface area contributed by atoms with E-state index in [1.165, 1.54) is 37.4 Å². The maximum absolute atomic E-state index is 12.1. The molecule has 6 heteroatoms. The van der Waals surface area contributed by atoms with Gasteiger partial charge in [-0.25, -0.2) is 4.98 Å². The van der Waals surface area contributed by atoms with Crippen molar-refractivity contribution in [2.75, 3.05) is 5.75 Å². The minimum Gasteiger partial charge on any atom is -0.352 e. The molecule has 2 aromatic rings. The van der Waals surface area contributed by atoms with E-state index in [2.05, 4.69) is 20.5 Å². The second-order valence-corrected chi connectivity index (χ2v) is 7.41. The molecule has 0 unspecified atom stereocenters. The van der Waals surface area contributed by atoms with Crippen LogP contribution in [0.15, 0.2) is 35.5 Å². The number of amides is 1. The van der Waals surface area contributed by atoms with E-state index in [9.17, 15) is 4.79 Å². The van der Waals surface area contributed by atoms with Crippen LogP contribution >= 0.6 is 11.8 Å². The Kier molecular flexibility index (Phi) is 4.08. The monoisotopic (exact) mass is 328 g/mol. The zero-order valence-electron chi connectivity index (χ0n) is 12.9. The van der Waals surface area contributed by atoms with Crippen LogP contribution in [0.2, 0.25) is 0 Å². The fraction of sp³-hybridized carbons (Fsp3) is 0.471. The maximum Gasteiger partial charge on any atom is 0.230 e. The number of H-pyrrole nitrogens is 1. The summed E-state index contributed by atoms with van der Waals surface area (Å²) < 4.78 is 0. The first kappa shape index (κ1) is 14.8. The van der Waals surface area contributed by atoms with Crippen LogP contribution in [-0.4, -0.2) is 32.9 Å². The smallest absolute Gasteiger partial charge is 0.230 e. The molecule has 4 rings (SSSR count). The van der Waals surface area contributed by atoms with Gasteiger partial charge >= 0.3 is 0 Å². The number of hydrogen-bond acceptors (Lipinski definition) is 4. The van der Waals surface area contributed by atoms with Crippen molar-refractivity contribution in [3.63, 3.8) is 0 Å². The molecule has 2 aliphatic rings. The lowest BCUT2D eigenvalue weighted by Gasteiger charge is -2.22. The highest BCUT2D eigenvalue weighted by atomic mass is 32.2. The fourth-order valence-corrected chi connectivity index (χ4v) is 4.45. The van der Waals surface area contributed by atoms with Crippen molar-refractivity contribution in [1.82, 2.24) is 20.5 Å². The zero-order chi connectivity index (χ0) is 15.6. The van der Waals surface area contributed by atoms with Crippen molar-refractivity contribution >= 4 is 17.7 Å². The largest absolute Gasteiger partial charge is 0.352 e. The average Bonchev–Trinajstić information content (AvgIpc) is 3.30. The molecule has 1 aromatic carbocycles. The van der Waals surface area contributed by atoms with E-state index in [0.29, 0.717) is 22.9 Å². The molecule has 1 amide bonds. The van der Waals surface area contributed by atoms with Crippen LogP contribution in [0.4, 0.5) is 0 Å². The summed E-state index contributed by atoms with van der Waals surface area (Å²) in [6.45, 7) is 0. The number of rotatable bonds is 5. The van der Waals surface area contributed by atoms with Gasteiger partial charge in [-0.2, -0.15) is 0 Å². The minimum atomic E-state index is 0.0959. The molecule has 120 valence electrons. The van der Waals surface area contributed by atoms with Crippen molar-refractivity contribution in [2.45, 2.75) is 36.9 Å². The molecule has 5 nitrogen and oxygen atoms in total. The number of carbonyl (C=O) groups is 1. The molecule has 1 heterocycles. The normalized spacial score (nSPS) is 25.7. The Morgan fingerprint density at radius 1 is 1.26 bits per heavy atom. The molecule has 0 aliphatic heterocycles. The second-order valence-electron chi connectivity index (χ2n) is 6.47.